The molecule has 0 aromatic heterocycles. The van der Waals surface area contributed by atoms with Crippen LogP contribution in [0.1, 0.15) is 12.0 Å². The lowest BCUT2D eigenvalue weighted by Crippen LogP contribution is -2.03. The van der Waals surface area contributed by atoms with Gasteiger partial charge in [-0.1, -0.05) is 49.1 Å². The van der Waals surface area contributed by atoms with E-state index in [0.29, 0.717) is 22.9 Å². The first-order valence-electron chi connectivity index (χ1n) is 5.73. The zero-order chi connectivity index (χ0) is 14.0. The van der Waals surface area contributed by atoms with Crippen molar-refractivity contribution in [1.29, 1.82) is 0 Å². The molecule has 19 heavy (non-hydrogen) atoms. The van der Waals surface area contributed by atoms with Crippen molar-refractivity contribution >= 4 is 26.5 Å². The van der Waals surface area contributed by atoms with Crippen LogP contribution in [0.3, 0.4) is 0 Å². The van der Waals surface area contributed by atoms with Crippen molar-refractivity contribution in [2.45, 2.75) is 11.3 Å². The molecule has 0 aliphatic heterocycles. The largest absolute Gasteiger partial charge is 0.295 e. The van der Waals surface area contributed by atoms with Gasteiger partial charge in [-0.05, 0) is 22.9 Å². The molecule has 0 amide bonds. The maximum atomic E-state index is 11.7. The summed E-state index contributed by atoms with van der Waals surface area (Å²) in [5.74, 6) is 0. The molecule has 0 bridgehead atoms. The lowest BCUT2D eigenvalue weighted by atomic mass is 10.0. The fourth-order valence-corrected chi connectivity index (χ4v) is 3.04. The zero-order valence-corrected chi connectivity index (χ0v) is 11.2. The van der Waals surface area contributed by atoms with E-state index in [9.17, 15) is 13.0 Å². The molecule has 0 aliphatic rings. The van der Waals surface area contributed by atoms with Crippen LogP contribution < -0.4 is 0 Å². The highest BCUT2D eigenvalue weighted by Gasteiger charge is 2.20. The summed E-state index contributed by atoms with van der Waals surface area (Å²) in [7, 11) is -4.32. The van der Waals surface area contributed by atoms with Crippen LogP contribution in [0.2, 0.25) is 0 Å². The molecular formula is C15H14O3S. The zero-order valence-electron chi connectivity index (χ0n) is 10.3. The van der Waals surface area contributed by atoms with E-state index in [1.165, 1.54) is 0 Å². The normalized spacial score (nSPS) is 11.4. The molecule has 3 nitrogen and oxygen atoms in total. The average molecular weight is 274 g/mol. The number of benzene rings is 2. The number of allylic oxidation sites excluding steroid dienone is 2. The van der Waals surface area contributed by atoms with Gasteiger partial charge in [0, 0.05) is 5.39 Å². The molecule has 0 spiro atoms. The maximum absolute atomic E-state index is 11.7. The lowest BCUT2D eigenvalue weighted by molar-refractivity contribution is 0.484. The van der Waals surface area contributed by atoms with Crippen LogP contribution in [-0.2, 0) is 10.1 Å². The number of hydrogen-bond acceptors (Lipinski definition) is 2. The average Bonchev–Trinajstić information content (AvgIpc) is 2.36. The third-order valence-corrected chi connectivity index (χ3v) is 3.86. The monoisotopic (exact) mass is 274 g/mol. The highest BCUT2D eigenvalue weighted by molar-refractivity contribution is 7.86. The Bertz CT molecular complexity index is 758. The molecule has 2 aromatic rings. The predicted molar refractivity (Wildman–Crippen MR) is 77.6 cm³/mol. The molecule has 0 saturated carbocycles. The molecule has 0 unspecified atom stereocenters. The van der Waals surface area contributed by atoms with Gasteiger partial charge in [0.25, 0.3) is 10.1 Å². The second-order valence-corrected chi connectivity index (χ2v) is 5.59. The Morgan fingerprint density at radius 3 is 2.53 bits per heavy atom. The van der Waals surface area contributed by atoms with Gasteiger partial charge in [0.05, 0.1) is 0 Å². The summed E-state index contributed by atoms with van der Waals surface area (Å²) in [5, 5.41) is 1.25. The van der Waals surface area contributed by atoms with Gasteiger partial charge in [-0.3, -0.25) is 4.55 Å². The minimum atomic E-state index is -4.32. The van der Waals surface area contributed by atoms with Crippen molar-refractivity contribution in [3.8, 4) is 0 Å². The van der Waals surface area contributed by atoms with E-state index >= 15 is 0 Å². The summed E-state index contributed by atoms with van der Waals surface area (Å²) >= 11 is 0. The fourth-order valence-electron chi connectivity index (χ4n) is 2.08. The van der Waals surface area contributed by atoms with Crippen molar-refractivity contribution in [3.63, 3.8) is 0 Å². The highest BCUT2D eigenvalue weighted by atomic mass is 32.2. The minimum Gasteiger partial charge on any atom is -0.282 e. The molecule has 0 saturated heterocycles. The van der Waals surface area contributed by atoms with Crippen LogP contribution in [-0.4, -0.2) is 13.0 Å². The smallest absolute Gasteiger partial charge is 0.282 e. The van der Waals surface area contributed by atoms with Crippen molar-refractivity contribution < 1.29 is 13.0 Å². The second kappa shape index (κ2) is 4.99. The summed E-state index contributed by atoms with van der Waals surface area (Å²) in [6.45, 7) is 7.46. The van der Waals surface area contributed by atoms with Crippen molar-refractivity contribution in [3.05, 3.63) is 61.2 Å². The molecule has 2 rings (SSSR count). The predicted octanol–water partition coefficient (Wildman–Crippen LogP) is 3.68. The molecule has 1 N–H and O–H groups in total. The summed E-state index contributed by atoms with van der Waals surface area (Å²) in [6, 6.07) is 10.5. The molecule has 98 valence electrons. The van der Waals surface area contributed by atoms with Crippen molar-refractivity contribution in [1.82, 2.24) is 0 Å². The van der Waals surface area contributed by atoms with E-state index < -0.39 is 10.1 Å². The van der Waals surface area contributed by atoms with Crippen LogP contribution >= 0.6 is 0 Å². The molecule has 0 fully saturated rings. The van der Waals surface area contributed by atoms with Gasteiger partial charge in [-0.15, -0.1) is 6.58 Å². The molecule has 2 aromatic carbocycles. The first-order chi connectivity index (χ1) is 8.95. The number of hydrogen-bond donors (Lipinski definition) is 1. The summed E-state index contributed by atoms with van der Waals surface area (Å²) in [5.41, 5.74) is 1.04. The Balaban J connectivity index is 2.85. The van der Waals surface area contributed by atoms with E-state index in [4.69, 9.17) is 0 Å². The van der Waals surface area contributed by atoms with Gasteiger partial charge in [0.1, 0.15) is 4.90 Å². The highest BCUT2D eigenvalue weighted by Crippen LogP contribution is 2.31. The molecule has 0 atom stereocenters. The topological polar surface area (TPSA) is 54.4 Å². The van der Waals surface area contributed by atoms with Crippen LogP contribution in [0.5, 0.6) is 0 Å². The van der Waals surface area contributed by atoms with Gasteiger partial charge in [0.2, 0.25) is 0 Å². The van der Waals surface area contributed by atoms with E-state index in [2.05, 4.69) is 13.2 Å². The summed E-state index contributed by atoms with van der Waals surface area (Å²) in [4.78, 5) is -0.0857. The van der Waals surface area contributed by atoms with Crippen molar-refractivity contribution in [2.75, 3.05) is 0 Å². The third-order valence-electron chi connectivity index (χ3n) is 2.91. The fraction of sp³-hybridized carbons (Fsp3) is 0.0667. The summed E-state index contributed by atoms with van der Waals surface area (Å²) < 4.78 is 32.8. The van der Waals surface area contributed by atoms with Crippen LogP contribution in [0, 0.1) is 0 Å². The van der Waals surface area contributed by atoms with E-state index in [1.807, 2.05) is 12.1 Å². The van der Waals surface area contributed by atoms with E-state index in [-0.39, 0.29) is 4.90 Å². The standard InChI is InChI=1S/C15H14O3S/c1-3-6-11(2)13-10-9-12-7-4-5-8-14(12)15(13)19(16,17)18/h3-5,7-10H,1-2,6H2,(H,16,17,18). The van der Waals surface area contributed by atoms with E-state index in [0.717, 1.165) is 5.39 Å². The van der Waals surface area contributed by atoms with Crippen molar-refractivity contribution in [2.24, 2.45) is 0 Å². The Labute approximate surface area is 112 Å². The first kappa shape index (κ1) is 13.5. The Kier molecular flexibility index (Phi) is 3.55. The maximum Gasteiger partial charge on any atom is 0.295 e. The Hall–Kier alpha value is -1.91. The first-order valence-corrected chi connectivity index (χ1v) is 7.17. The van der Waals surface area contributed by atoms with Crippen LogP contribution in [0.4, 0.5) is 0 Å². The molecule has 0 aliphatic carbocycles. The van der Waals surface area contributed by atoms with Crippen LogP contribution in [0.25, 0.3) is 16.3 Å². The molecular weight excluding hydrogens is 260 g/mol. The Morgan fingerprint density at radius 1 is 1.21 bits per heavy atom. The number of fused-ring (bicyclic) bond motifs is 1. The molecule has 0 heterocycles. The number of rotatable bonds is 4. The third kappa shape index (κ3) is 2.59. The van der Waals surface area contributed by atoms with Gasteiger partial charge in [-0.25, -0.2) is 0 Å². The SMILES string of the molecule is C=CCC(=C)c1ccc2ccccc2c1S(=O)(=O)O. The van der Waals surface area contributed by atoms with Crippen LogP contribution in [0.15, 0.2) is 60.5 Å². The lowest BCUT2D eigenvalue weighted by Gasteiger charge is -2.12. The van der Waals surface area contributed by atoms with Gasteiger partial charge in [-0.2, -0.15) is 8.42 Å². The van der Waals surface area contributed by atoms with Gasteiger partial charge < -0.3 is 0 Å². The molecule has 4 heteroatoms. The second-order valence-electron chi connectivity index (χ2n) is 4.23. The molecule has 0 radical (unpaired) electrons. The minimum absolute atomic E-state index is 0.0857. The quantitative estimate of drug-likeness (QED) is 0.683. The van der Waals surface area contributed by atoms with Gasteiger partial charge in [0.15, 0.2) is 0 Å². The van der Waals surface area contributed by atoms with Gasteiger partial charge >= 0.3 is 0 Å². The van der Waals surface area contributed by atoms with E-state index in [1.54, 1.807) is 30.3 Å². The Morgan fingerprint density at radius 2 is 1.89 bits per heavy atom. The summed E-state index contributed by atoms with van der Waals surface area (Å²) in [6.07, 6.45) is 2.10.